The minimum Gasteiger partial charge on any atom is -0.334 e. The molecule has 0 spiro atoms. The lowest BCUT2D eigenvalue weighted by atomic mass is 10.0. The van der Waals surface area contributed by atoms with Crippen molar-refractivity contribution in [3.8, 4) is 11.3 Å². The Hall–Kier alpha value is -2.69. The fourth-order valence-electron chi connectivity index (χ4n) is 3.25. The van der Waals surface area contributed by atoms with Gasteiger partial charge in [-0.25, -0.2) is 9.37 Å². The fraction of sp³-hybridized carbons (Fsp3) is 0.300. The zero-order valence-corrected chi connectivity index (χ0v) is 14.9. The number of rotatable bonds is 4. The first-order valence-electron chi connectivity index (χ1n) is 8.45. The molecular formula is C20H22FN3O. The summed E-state index contributed by atoms with van der Waals surface area (Å²) in [6.45, 7) is 8.02. The number of aromatic nitrogens is 2. The Labute approximate surface area is 146 Å². The van der Waals surface area contributed by atoms with Crippen molar-refractivity contribution < 1.29 is 9.18 Å². The van der Waals surface area contributed by atoms with Gasteiger partial charge in [-0.1, -0.05) is 18.2 Å². The third-order valence-corrected chi connectivity index (χ3v) is 4.25. The highest BCUT2D eigenvalue weighted by Crippen LogP contribution is 2.27. The number of imidazole rings is 1. The second-order valence-corrected chi connectivity index (χ2v) is 6.66. The minimum atomic E-state index is -0.346. The highest BCUT2D eigenvalue weighted by atomic mass is 19.1. The van der Waals surface area contributed by atoms with Gasteiger partial charge < -0.3 is 4.90 Å². The van der Waals surface area contributed by atoms with Crippen LogP contribution < -0.4 is 0 Å². The molecule has 0 atom stereocenters. The van der Waals surface area contributed by atoms with Crippen molar-refractivity contribution in [1.82, 2.24) is 14.3 Å². The quantitative estimate of drug-likeness (QED) is 0.706. The summed E-state index contributed by atoms with van der Waals surface area (Å²) in [5.41, 5.74) is 2.68. The maximum Gasteiger partial charge on any atom is 0.255 e. The van der Waals surface area contributed by atoms with E-state index in [-0.39, 0.29) is 23.8 Å². The van der Waals surface area contributed by atoms with Crippen molar-refractivity contribution in [3.63, 3.8) is 0 Å². The molecule has 0 radical (unpaired) electrons. The number of carbonyl (C=O) groups is 1. The van der Waals surface area contributed by atoms with Gasteiger partial charge in [0.1, 0.15) is 11.5 Å². The summed E-state index contributed by atoms with van der Waals surface area (Å²) >= 11 is 0. The average molecular weight is 339 g/mol. The molecule has 2 aromatic heterocycles. The highest BCUT2D eigenvalue weighted by molar-refractivity contribution is 6.01. The topological polar surface area (TPSA) is 37.6 Å². The first kappa shape index (κ1) is 17.1. The predicted molar refractivity (Wildman–Crippen MR) is 97.0 cm³/mol. The maximum absolute atomic E-state index is 13.7. The largest absolute Gasteiger partial charge is 0.334 e. The number of nitrogens with zero attached hydrogens (tertiary/aromatic N) is 3. The summed E-state index contributed by atoms with van der Waals surface area (Å²) < 4.78 is 15.4. The number of halogens is 1. The summed E-state index contributed by atoms with van der Waals surface area (Å²) in [5, 5.41) is 0. The van der Waals surface area contributed by atoms with Crippen LogP contribution in [0.2, 0.25) is 0 Å². The average Bonchev–Trinajstić information content (AvgIpc) is 2.97. The number of hydrogen-bond acceptors (Lipinski definition) is 2. The zero-order chi connectivity index (χ0) is 18.1. The Morgan fingerprint density at radius 2 is 1.76 bits per heavy atom. The third-order valence-electron chi connectivity index (χ3n) is 4.25. The molecule has 0 saturated heterocycles. The first-order valence-corrected chi connectivity index (χ1v) is 8.45. The third kappa shape index (κ3) is 3.14. The van der Waals surface area contributed by atoms with E-state index in [9.17, 15) is 9.18 Å². The van der Waals surface area contributed by atoms with E-state index in [1.807, 2.05) is 56.9 Å². The lowest BCUT2D eigenvalue weighted by Gasteiger charge is -2.31. The smallest absolute Gasteiger partial charge is 0.255 e. The van der Waals surface area contributed by atoms with Gasteiger partial charge in [-0.15, -0.1) is 0 Å². The lowest BCUT2D eigenvalue weighted by molar-refractivity contribution is 0.0644. The van der Waals surface area contributed by atoms with Gasteiger partial charge in [0, 0.05) is 29.4 Å². The molecular weight excluding hydrogens is 317 g/mol. The Morgan fingerprint density at radius 3 is 2.44 bits per heavy atom. The molecule has 130 valence electrons. The SMILES string of the molecule is CC(C)N(C(=O)c1ccccc1-c1cnc2ccc(F)cn12)C(C)C. The van der Waals surface area contributed by atoms with Gasteiger partial charge in [-0.3, -0.25) is 9.20 Å². The van der Waals surface area contributed by atoms with Crippen LogP contribution in [-0.2, 0) is 0 Å². The van der Waals surface area contributed by atoms with Crippen LogP contribution >= 0.6 is 0 Å². The second kappa shape index (κ2) is 6.67. The molecule has 0 aliphatic rings. The van der Waals surface area contributed by atoms with Crippen molar-refractivity contribution in [2.24, 2.45) is 0 Å². The van der Waals surface area contributed by atoms with Crippen LogP contribution in [0.4, 0.5) is 4.39 Å². The van der Waals surface area contributed by atoms with Gasteiger partial charge >= 0.3 is 0 Å². The molecule has 1 aromatic carbocycles. The van der Waals surface area contributed by atoms with Crippen molar-refractivity contribution in [1.29, 1.82) is 0 Å². The molecule has 0 N–H and O–H groups in total. The molecule has 5 heteroatoms. The van der Waals surface area contributed by atoms with Crippen molar-refractivity contribution >= 4 is 11.6 Å². The van der Waals surface area contributed by atoms with E-state index in [1.54, 1.807) is 16.7 Å². The number of hydrogen-bond donors (Lipinski definition) is 0. The summed E-state index contributed by atoms with van der Waals surface area (Å²) in [4.78, 5) is 19.3. The number of carbonyl (C=O) groups excluding carboxylic acids is 1. The van der Waals surface area contributed by atoms with Gasteiger partial charge in [0.2, 0.25) is 0 Å². The van der Waals surface area contributed by atoms with Crippen LogP contribution in [0, 0.1) is 5.82 Å². The van der Waals surface area contributed by atoms with Crippen LogP contribution in [0.3, 0.4) is 0 Å². The van der Waals surface area contributed by atoms with E-state index in [4.69, 9.17) is 0 Å². The Morgan fingerprint density at radius 1 is 1.08 bits per heavy atom. The van der Waals surface area contributed by atoms with Gasteiger partial charge in [0.25, 0.3) is 5.91 Å². The Balaban J connectivity index is 2.16. The predicted octanol–water partition coefficient (Wildman–Crippen LogP) is 4.40. The van der Waals surface area contributed by atoms with Crippen LogP contribution in [0.25, 0.3) is 16.9 Å². The molecule has 4 nitrogen and oxygen atoms in total. The molecule has 2 heterocycles. The van der Waals surface area contributed by atoms with Gasteiger partial charge in [-0.05, 0) is 45.9 Å². The Kier molecular flexibility index (Phi) is 4.57. The molecule has 1 amide bonds. The summed E-state index contributed by atoms with van der Waals surface area (Å²) in [6.07, 6.45) is 3.07. The molecule has 3 aromatic rings. The number of pyridine rings is 1. The standard InChI is InChI=1S/C20H22FN3O/c1-13(2)24(14(3)4)20(25)17-8-6-5-7-16(17)18-11-22-19-10-9-15(21)12-23(18)19/h5-14H,1-4H3. The van der Waals surface area contributed by atoms with E-state index >= 15 is 0 Å². The van der Waals surface area contributed by atoms with E-state index in [0.29, 0.717) is 16.9 Å². The van der Waals surface area contributed by atoms with Gasteiger partial charge in [0.05, 0.1) is 11.9 Å². The van der Waals surface area contributed by atoms with E-state index < -0.39 is 0 Å². The summed E-state index contributed by atoms with van der Waals surface area (Å²) in [7, 11) is 0. The van der Waals surface area contributed by atoms with Crippen LogP contribution in [0.5, 0.6) is 0 Å². The normalized spacial score (nSPS) is 11.5. The number of amides is 1. The van der Waals surface area contributed by atoms with Crippen LogP contribution in [0.15, 0.2) is 48.8 Å². The molecule has 0 aliphatic heterocycles. The summed E-state index contributed by atoms with van der Waals surface area (Å²) in [6, 6.07) is 10.6. The number of benzene rings is 1. The molecule has 0 saturated carbocycles. The monoisotopic (exact) mass is 339 g/mol. The van der Waals surface area contributed by atoms with Crippen molar-refractivity contribution in [3.05, 3.63) is 60.2 Å². The van der Waals surface area contributed by atoms with Crippen LogP contribution in [0.1, 0.15) is 38.1 Å². The highest BCUT2D eigenvalue weighted by Gasteiger charge is 2.24. The first-order chi connectivity index (χ1) is 11.9. The molecule has 25 heavy (non-hydrogen) atoms. The van der Waals surface area contributed by atoms with Gasteiger partial charge in [-0.2, -0.15) is 0 Å². The molecule has 0 aliphatic carbocycles. The molecule has 0 bridgehead atoms. The number of fused-ring (bicyclic) bond motifs is 1. The van der Waals surface area contributed by atoms with E-state index in [0.717, 1.165) is 5.56 Å². The molecule has 0 unspecified atom stereocenters. The molecule has 3 rings (SSSR count). The minimum absolute atomic E-state index is 0.0352. The van der Waals surface area contributed by atoms with Crippen molar-refractivity contribution in [2.75, 3.05) is 0 Å². The maximum atomic E-state index is 13.7. The second-order valence-electron chi connectivity index (χ2n) is 6.66. The Bertz CT molecular complexity index is 906. The zero-order valence-electron chi connectivity index (χ0n) is 14.9. The van der Waals surface area contributed by atoms with Crippen LogP contribution in [-0.4, -0.2) is 32.3 Å². The summed E-state index contributed by atoms with van der Waals surface area (Å²) in [5.74, 6) is -0.381. The van der Waals surface area contributed by atoms with Crippen molar-refractivity contribution in [2.45, 2.75) is 39.8 Å². The molecule has 0 fully saturated rings. The van der Waals surface area contributed by atoms with E-state index in [1.165, 1.54) is 12.3 Å². The lowest BCUT2D eigenvalue weighted by Crippen LogP contribution is -2.42. The van der Waals surface area contributed by atoms with E-state index in [2.05, 4.69) is 4.98 Å². The fourth-order valence-corrected chi connectivity index (χ4v) is 3.25. The van der Waals surface area contributed by atoms with Gasteiger partial charge in [0.15, 0.2) is 0 Å².